The average molecular weight is 230 g/mol. The molecule has 0 aliphatic heterocycles. The fourth-order valence-corrected chi connectivity index (χ4v) is 1.80. The highest BCUT2D eigenvalue weighted by molar-refractivity contribution is 6.10. The Balaban J connectivity index is 2.48. The van der Waals surface area contributed by atoms with E-state index in [1.54, 1.807) is 18.2 Å². The van der Waals surface area contributed by atoms with Crippen molar-refractivity contribution in [3.63, 3.8) is 0 Å². The van der Waals surface area contributed by atoms with Gasteiger partial charge in [0.25, 0.3) is 0 Å². The second-order valence-electron chi connectivity index (χ2n) is 3.74. The van der Waals surface area contributed by atoms with Crippen LogP contribution in [-0.4, -0.2) is 24.1 Å². The summed E-state index contributed by atoms with van der Waals surface area (Å²) < 4.78 is 5.12. The van der Waals surface area contributed by atoms with Gasteiger partial charge in [-0.25, -0.2) is 0 Å². The molecule has 2 aromatic rings. The minimum absolute atomic E-state index is 0.0666. The van der Waals surface area contributed by atoms with Gasteiger partial charge in [0, 0.05) is 17.6 Å². The highest BCUT2D eigenvalue weighted by atomic mass is 16.5. The van der Waals surface area contributed by atoms with Crippen molar-refractivity contribution in [2.75, 3.05) is 13.2 Å². The van der Waals surface area contributed by atoms with E-state index in [1.165, 1.54) is 0 Å². The van der Waals surface area contributed by atoms with E-state index < -0.39 is 0 Å². The average Bonchev–Trinajstić information content (AvgIpc) is 2.37. The maximum Gasteiger partial charge on any atom is 0.189 e. The van der Waals surface area contributed by atoms with Gasteiger partial charge in [-0.1, -0.05) is 24.3 Å². The molecule has 0 fully saturated rings. The lowest BCUT2D eigenvalue weighted by molar-refractivity contribution is 0.0785. The molecule has 3 heteroatoms. The first-order valence-corrected chi connectivity index (χ1v) is 5.55. The van der Waals surface area contributed by atoms with Gasteiger partial charge in [-0.15, -0.1) is 0 Å². The van der Waals surface area contributed by atoms with Crippen LogP contribution in [0.2, 0.25) is 0 Å². The molecule has 0 aliphatic rings. The van der Waals surface area contributed by atoms with E-state index in [1.807, 2.05) is 25.1 Å². The van der Waals surface area contributed by atoms with Gasteiger partial charge >= 0.3 is 0 Å². The molecule has 2 rings (SSSR count). The molecule has 0 radical (unpaired) electrons. The molecule has 0 spiro atoms. The summed E-state index contributed by atoms with van der Waals surface area (Å²) in [5.74, 6) is 0.122. The van der Waals surface area contributed by atoms with E-state index >= 15 is 0 Å². The number of phenols is 1. The van der Waals surface area contributed by atoms with Crippen molar-refractivity contribution < 1.29 is 14.6 Å². The number of ketones is 1. The number of benzene rings is 2. The molecule has 0 heterocycles. The summed E-state index contributed by atoms with van der Waals surface area (Å²) in [6.45, 7) is 2.44. The summed E-state index contributed by atoms with van der Waals surface area (Å²) in [6.07, 6.45) is 0. The number of ether oxygens (including phenoxy) is 1. The number of hydrogen-bond donors (Lipinski definition) is 1. The summed E-state index contributed by atoms with van der Waals surface area (Å²) in [7, 11) is 0. The standard InChI is InChI=1S/C14H14O3/c1-2-17-9-14(16)12-7-8-13(15)11-6-4-3-5-10(11)12/h3-8,15H,2,9H2,1H3. The number of hydrogen-bond acceptors (Lipinski definition) is 3. The van der Waals surface area contributed by atoms with Gasteiger partial charge in [-0.05, 0) is 24.4 Å². The largest absolute Gasteiger partial charge is 0.507 e. The topological polar surface area (TPSA) is 46.5 Å². The van der Waals surface area contributed by atoms with Crippen molar-refractivity contribution in [3.05, 3.63) is 42.0 Å². The normalized spacial score (nSPS) is 10.6. The number of Topliss-reactive ketones (excluding diaryl/α,β-unsaturated/α-hetero) is 1. The molecule has 17 heavy (non-hydrogen) atoms. The Bertz CT molecular complexity index is 546. The predicted molar refractivity (Wildman–Crippen MR) is 66.4 cm³/mol. The van der Waals surface area contributed by atoms with Gasteiger partial charge in [0.2, 0.25) is 0 Å². The molecule has 0 saturated heterocycles. The summed E-state index contributed by atoms with van der Waals surface area (Å²) in [5, 5.41) is 11.2. The lowest BCUT2D eigenvalue weighted by Gasteiger charge is -2.07. The number of carbonyl (C=O) groups excluding carboxylic acids is 1. The molecule has 2 aromatic carbocycles. The third-order valence-corrected chi connectivity index (χ3v) is 2.64. The van der Waals surface area contributed by atoms with Crippen molar-refractivity contribution in [2.45, 2.75) is 6.92 Å². The third kappa shape index (κ3) is 2.29. The number of phenolic OH excluding ortho intramolecular Hbond substituents is 1. The van der Waals surface area contributed by atoms with Crippen LogP contribution in [0.25, 0.3) is 10.8 Å². The van der Waals surface area contributed by atoms with Gasteiger partial charge in [0.1, 0.15) is 12.4 Å². The smallest absolute Gasteiger partial charge is 0.189 e. The van der Waals surface area contributed by atoms with E-state index in [2.05, 4.69) is 0 Å². The molecule has 0 unspecified atom stereocenters. The number of fused-ring (bicyclic) bond motifs is 1. The first-order valence-electron chi connectivity index (χ1n) is 5.55. The zero-order valence-electron chi connectivity index (χ0n) is 9.64. The van der Waals surface area contributed by atoms with Gasteiger partial charge < -0.3 is 9.84 Å². The maximum atomic E-state index is 11.9. The molecule has 0 bridgehead atoms. The van der Waals surface area contributed by atoms with Crippen LogP contribution in [0.15, 0.2) is 36.4 Å². The summed E-state index contributed by atoms with van der Waals surface area (Å²) in [6, 6.07) is 10.5. The van der Waals surface area contributed by atoms with Crippen LogP contribution in [-0.2, 0) is 4.74 Å². The minimum atomic E-state index is -0.0666. The first-order chi connectivity index (χ1) is 8.24. The molecule has 1 N–H and O–H groups in total. The SMILES string of the molecule is CCOCC(=O)c1ccc(O)c2ccccc12. The second-order valence-corrected chi connectivity index (χ2v) is 3.74. The maximum absolute atomic E-state index is 11.9. The van der Waals surface area contributed by atoms with Crippen LogP contribution in [0.1, 0.15) is 17.3 Å². The van der Waals surface area contributed by atoms with Gasteiger partial charge in [0.05, 0.1) is 0 Å². The fraction of sp³-hybridized carbons (Fsp3) is 0.214. The highest BCUT2D eigenvalue weighted by Crippen LogP contribution is 2.27. The van der Waals surface area contributed by atoms with Crippen molar-refractivity contribution in [2.24, 2.45) is 0 Å². The van der Waals surface area contributed by atoms with Crippen LogP contribution in [0.4, 0.5) is 0 Å². The Morgan fingerprint density at radius 3 is 2.59 bits per heavy atom. The van der Waals surface area contributed by atoms with Gasteiger partial charge in [-0.2, -0.15) is 0 Å². The van der Waals surface area contributed by atoms with Crippen LogP contribution in [0, 0.1) is 0 Å². The van der Waals surface area contributed by atoms with Crippen molar-refractivity contribution in [1.29, 1.82) is 0 Å². The van der Waals surface area contributed by atoms with Crippen molar-refractivity contribution in [3.8, 4) is 5.75 Å². The van der Waals surface area contributed by atoms with E-state index in [-0.39, 0.29) is 18.1 Å². The minimum Gasteiger partial charge on any atom is -0.507 e. The van der Waals surface area contributed by atoms with Crippen LogP contribution >= 0.6 is 0 Å². The third-order valence-electron chi connectivity index (χ3n) is 2.64. The van der Waals surface area contributed by atoms with Crippen LogP contribution in [0.3, 0.4) is 0 Å². The van der Waals surface area contributed by atoms with Gasteiger partial charge in [-0.3, -0.25) is 4.79 Å². The molecule has 0 aromatic heterocycles. The van der Waals surface area contributed by atoms with Crippen LogP contribution in [0.5, 0.6) is 5.75 Å². The van der Waals surface area contributed by atoms with E-state index in [4.69, 9.17) is 4.74 Å². The Morgan fingerprint density at radius 1 is 1.18 bits per heavy atom. The molecule has 0 aliphatic carbocycles. The Labute approximate surface area is 99.6 Å². The molecule has 88 valence electrons. The molecule has 0 amide bonds. The molecular formula is C14H14O3. The van der Waals surface area contributed by atoms with Crippen molar-refractivity contribution in [1.82, 2.24) is 0 Å². The fourth-order valence-electron chi connectivity index (χ4n) is 1.80. The molecule has 0 atom stereocenters. The molecule has 0 saturated carbocycles. The van der Waals surface area contributed by atoms with E-state index in [0.717, 1.165) is 5.39 Å². The Hall–Kier alpha value is -1.87. The Kier molecular flexibility index (Phi) is 3.40. The van der Waals surface area contributed by atoms with E-state index in [9.17, 15) is 9.90 Å². The second kappa shape index (κ2) is 4.97. The number of carbonyl (C=O) groups is 1. The quantitative estimate of drug-likeness (QED) is 0.821. The van der Waals surface area contributed by atoms with Crippen molar-refractivity contribution >= 4 is 16.6 Å². The lowest BCUT2D eigenvalue weighted by Crippen LogP contribution is -2.09. The Morgan fingerprint density at radius 2 is 1.88 bits per heavy atom. The zero-order valence-corrected chi connectivity index (χ0v) is 9.64. The summed E-state index contributed by atoms with van der Waals surface area (Å²) in [5.41, 5.74) is 0.590. The first kappa shape index (κ1) is 11.6. The monoisotopic (exact) mass is 230 g/mol. The molecular weight excluding hydrogens is 216 g/mol. The summed E-state index contributed by atoms with van der Waals surface area (Å²) >= 11 is 0. The molecule has 3 nitrogen and oxygen atoms in total. The van der Waals surface area contributed by atoms with Crippen LogP contribution < -0.4 is 0 Å². The predicted octanol–water partition coefficient (Wildman–Crippen LogP) is 2.76. The highest BCUT2D eigenvalue weighted by Gasteiger charge is 2.11. The number of aromatic hydroxyl groups is 1. The summed E-state index contributed by atoms with van der Waals surface area (Å²) in [4.78, 5) is 11.9. The van der Waals surface area contributed by atoms with Gasteiger partial charge in [0.15, 0.2) is 5.78 Å². The van der Waals surface area contributed by atoms with E-state index in [0.29, 0.717) is 17.6 Å². The zero-order chi connectivity index (χ0) is 12.3. The lowest BCUT2D eigenvalue weighted by atomic mass is 10.0. The number of rotatable bonds is 4.